The lowest BCUT2D eigenvalue weighted by molar-refractivity contribution is -0.121. The third kappa shape index (κ3) is 4.68. The van der Waals surface area contributed by atoms with E-state index in [-0.39, 0.29) is 28.7 Å². The number of fused-ring (bicyclic) bond motifs is 1. The molecule has 0 unspecified atom stereocenters. The van der Waals surface area contributed by atoms with E-state index >= 15 is 0 Å². The predicted octanol–water partition coefficient (Wildman–Crippen LogP) is 3.13. The topological polar surface area (TPSA) is 104 Å². The zero-order chi connectivity index (χ0) is 24.0. The molecule has 0 saturated carbocycles. The average Bonchev–Trinajstić information content (AvgIpc) is 2.63. The fourth-order valence-corrected chi connectivity index (χ4v) is 6.14. The number of benzene rings is 2. The van der Waals surface area contributed by atoms with Gasteiger partial charge < -0.3 is 10.4 Å². The van der Waals surface area contributed by atoms with Gasteiger partial charge in [0.25, 0.3) is 5.91 Å². The monoisotopic (exact) mass is 482 g/mol. The second-order valence-electron chi connectivity index (χ2n) is 8.82. The van der Waals surface area contributed by atoms with Crippen molar-refractivity contribution >= 4 is 40.8 Å². The smallest absolute Gasteiger partial charge is 0.408 e. The van der Waals surface area contributed by atoms with Crippen LogP contribution in [0.15, 0.2) is 35.2 Å². The van der Waals surface area contributed by atoms with E-state index in [0.29, 0.717) is 11.1 Å². The summed E-state index contributed by atoms with van der Waals surface area (Å²) in [6.07, 6.45) is -0.0593. The Morgan fingerprint density at radius 1 is 1.12 bits per heavy atom. The zero-order valence-electron chi connectivity index (χ0n) is 18.1. The molecule has 0 aromatic heterocycles. The summed E-state index contributed by atoms with van der Waals surface area (Å²) < 4.78 is 52.9. The van der Waals surface area contributed by atoms with Crippen LogP contribution in [-0.2, 0) is 21.1 Å². The van der Waals surface area contributed by atoms with Gasteiger partial charge in [0, 0.05) is 23.7 Å². The Balaban J connectivity index is 2.00. The maximum atomic E-state index is 14.6. The average molecular weight is 483 g/mol. The molecule has 1 aliphatic rings. The van der Waals surface area contributed by atoms with Crippen molar-refractivity contribution in [1.82, 2.24) is 4.90 Å². The Morgan fingerprint density at radius 3 is 2.22 bits per heavy atom. The standard InChI is InChI=1S/C21H24F2N2O5SSi/c1-31(29,30)14-5-6-15-12(9-14)7-8-25(21(27)28)18(15)20(26)24-13-10-16(22)19(17(23)11-13)32(2,3)4/h5-6,9-11,18H,7-8H2,1-4H3,(H,24,26)(H,27,28)/t18-/m0/s1. The Bertz CT molecular complexity index is 1190. The van der Waals surface area contributed by atoms with Gasteiger partial charge in [0.15, 0.2) is 9.84 Å². The predicted molar refractivity (Wildman–Crippen MR) is 119 cm³/mol. The Kier molecular flexibility index (Phi) is 6.18. The fraction of sp³-hybridized carbons (Fsp3) is 0.333. The van der Waals surface area contributed by atoms with E-state index in [4.69, 9.17) is 0 Å². The van der Waals surface area contributed by atoms with Crippen molar-refractivity contribution in [3.63, 3.8) is 0 Å². The van der Waals surface area contributed by atoms with Crippen LogP contribution >= 0.6 is 0 Å². The van der Waals surface area contributed by atoms with Crippen molar-refractivity contribution < 1.29 is 31.9 Å². The Hall–Kier alpha value is -2.79. The number of carbonyl (C=O) groups excluding carboxylic acids is 1. The number of hydrogen-bond donors (Lipinski definition) is 2. The number of carboxylic acid groups (broad SMARTS) is 1. The molecule has 2 aromatic rings. The maximum Gasteiger partial charge on any atom is 0.408 e. The Labute approximate surface area is 186 Å². The van der Waals surface area contributed by atoms with Gasteiger partial charge in [-0.3, -0.25) is 9.69 Å². The van der Waals surface area contributed by atoms with E-state index in [0.717, 1.165) is 23.3 Å². The summed E-state index contributed by atoms with van der Waals surface area (Å²) in [5.41, 5.74) is 0.720. The second kappa shape index (κ2) is 8.28. The van der Waals surface area contributed by atoms with Gasteiger partial charge in [0.1, 0.15) is 17.7 Å². The number of rotatable bonds is 4. The maximum absolute atomic E-state index is 14.6. The summed E-state index contributed by atoms with van der Waals surface area (Å²) in [6, 6.07) is 4.88. The highest BCUT2D eigenvalue weighted by atomic mass is 32.2. The second-order valence-corrected chi connectivity index (χ2v) is 15.8. The van der Waals surface area contributed by atoms with Crippen molar-refractivity contribution in [2.75, 3.05) is 18.1 Å². The van der Waals surface area contributed by atoms with Crippen LogP contribution in [0.2, 0.25) is 19.6 Å². The van der Waals surface area contributed by atoms with Crippen LogP contribution < -0.4 is 10.5 Å². The van der Waals surface area contributed by atoms with Crippen LogP contribution in [0.4, 0.5) is 19.3 Å². The number of nitrogens with zero attached hydrogens (tertiary/aromatic N) is 1. The first-order chi connectivity index (χ1) is 14.7. The van der Waals surface area contributed by atoms with Gasteiger partial charge in [-0.2, -0.15) is 0 Å². The largest absolute Gasteiger partial charge is 0.465 e. The molecule has 11 heteroatoms. The molecule has 2 amide bonds. The van der Waals surface area contributed by atoms with Gasteiger partial charge in [-0.25, -0.2) is 22.0 Å². The Morgan fingerprint density at radius 2 is 1.72 bits per heavy atom. The van der Waals surface area contributed by atoms with E-state index < -0.39 is 47.6 Å². The number of carbonyl (C=O) groups is 2. The summed E-state index contributed by atoms with van der Waals surface area (Å²) in [4.78, 5) is 25.8. The summed E-state index contributed by atoms with van der Waals surface area (Å²) in [7, 11) is -5.80. The molecular formula is C21H24F2N2O5SSi. The minimum absolute atomic E-state index is 0.0129. The molecule has 2 N–H and O–H groups in total. The molecule has 7 nitrogen and oxygen atoms in total. The van der Waals surface area contributed by atoms with E-state index in [2.05, 4.69) is 5.32 Å². The molecule has 1 heterocycles. The minimum Gasteiger partial charge on any atom is -0.465 e. The molecule has 0 spiro atoms. The minimum atomic E-state index is -3.49. The van der Waals surface area contributed by atoms with Gasteiger partial charge >= 0.3 is 6.09 Å². The number of nitrogens with one attached hydrogen (secondary N) is 1. The molecule has 1 atom stereocenters. The molecule has 172 valence electrons. The van der Waals surface area contributed by atoms with Crippen molar-refractivity contribution in [3.05, 3.63) is 53.1 Å². The highest BCUT2D eigenvalue weighted by Crippen LogP contribution is 2.33. The van der Waals surface area contributed by atoms with Crippen LogP contribution in [0.1, 0.15) is 17.2 Å². The highest BCUT2D eigenvalue weighted by molar-refractivity contribution is 7.90. The SMILES string of the molecule is C[Si](C)(C)c1c(F)cc(NC(=O)[C@@H]2c3ccc(S(C)(=O)=O)cc3CCN2C(=O)O)cc1F. The number of halogens is 2. The van der Waals surface area contributed by atoms with Gasteiger partial charge in [-0.05, 0) is 41.8 Å². The molecule has 0 bridgehead atoms. The lowest BCUT2D eigenvalue weighted by Gasteiger charge is -2.34. The summed E-state index contributed by atoms with van der Waals surface area (Å²) >= 11 is 0. The van der Waals surface area contributed by atoms with Gasteiger partial charge in [0.05, 0.1) is 13.0 Å². The van der Waals surface area contributed by atoms with Crippen molar-refractivity contribution in [2.24, 2.45) is 0 Å². The van der Waals surface area contributed by atoms with Gasteiger partial charge in [-0.1, -0.05) is 25.7 Å². The third-order valence-corrected chi connectivity index (χ3v) is 8.41. The van der Waals surface area contributed by atoms with E-state index in [1.54, 1.807) is 19.6 Å². The normalized spacial score (nSPS) is 16.4. The first-order valence-electron chi connectivity index (χ1n) is 9.83. The lowest BCUT2D eigenvalue weighted by Crippen LogP contribution is -2.45. The molecule has 0 fully saturated rings. The molecule has 3 rings (SSSR count). The fourth-order valence-electron chi connectivity index (χ4n) is 3.90. The molecule has 0 saturated heterocycles. The number of hydrogen-bond acceptors (Lipinski definition) is 4. The summed E-state index contributed by atoms with van der Waals surface area (Å²) in [6.45, 7) is 5.34. The molecule has 2 aromatic carbocycles. The molecule has 0 radical (unpaired) electrons. The summed E-state index contributed by atoms with van der Waals surface area (Å²) in [5, 5.41) is 12.0. The van der Waals surface area contributed by atoms with Crippen LogP contribution in [0.3, 0.4) is 0 Å². The quantitative estimate of drug-likeness (QED) is 0.652. The van der Waals surface area contributed by atoms with Crippen molar-refractivity contribution in [2.45, 2.75) is 37.0 Å². The first kappa shape index (κ1) is 23.9. The first-order valence-corrected chi connectivity index (χ1v) is 15.2. The molecular weight excluding hydrogens is 458 g/mol. The summed E-state index contributed by atoms with van der Waals surface area (Å²) in [5.74, 6) is -2.33. The van der Waals surface area contributed by atoms with Crippen molar-refractivity contribution in [3.8, 4) is 0 Å². The van der Waals surface area contributed by atoms with Gasteiger partial charge in [-0.15, -0.1) is 0 Å². The van der Waals surface area contributed by atoms with Crippen LogP contribution in [-0.4, -0.2) is 51.3 Å². The van der Waals surface area contributed by atoms with Crippen LogP contribution in [0.5, 0.6) is 0 Å². The van der Waals surface area contributed by atoms with Crippen LogP contribution in [0.25, 0.3) is 0 Å². The zero-order valence-corrected chi connectivity index (χ0v) is 19.9. The van der Waals surface area contributed by atoms with E-state index in [1.165, 1.54) is 18.2 Å². The number of anilines is 1. The molecule has 0 aliphatic carbocycles. The molecule has 32 heavy (non-hydrogen) atoms. The van der Waals surface area contributed by atoms with Gasteiger partial charge in [0.2, 0.25) is 0 Å². The van der Waals surface area contributed by atoms with E-state index in [1.807, 2.05) is 0 Å². The van der Waals surface area contributed by atoms with Crippen molar-refractivity contribution in [1.29, 1.82) is 0 Å². The lowest BCUT2D eigenvalue weighted by atomic mass is 9.92. The number of sulfone groups is 1. The third-order valence-electron chi connectivity index (χ3n) is 5.32. The van der Waals surface area contributed by atoms with E-state index in [9.17, 15) is 31.9 Å². The number of amides is 2. The molecule has 1 aliphatic heterocycles. The van der Waals surface area contributed by atoms with Crippen LogP contribution in [0, 0.1) is 11.6 Å². The highest BCUT2D eigenvalue weighted by Gasteiger charge is 2.37.